The Morgan fingerprint density at radius 3 is 2.38 bits per heavy atom. The van der Waals surface area contributed by atoms with Crippen molar-refractivity contribution in [1.29, 1.82) is 0 Å². The van der Waals surface area contributed by atoms with Gasteiger partial charge in [-0.1, -0.05) is 31.0 Å². The first kappa shape index (κ1) is 14.9. The number of hydrogen-bond donors (Lipinski definition) is 1. The largest absolute Gasteiger partial charge is 0.369 e. The fraction of sp³-hybridized carbons (Fsp3) is 0.667. The van der Waals surface area contributed by atoms with Crippen LogP contribution in [0.4, 0.5) is 5.69 Å². The van der Waals surface area contributed by atoms with Gasteiger partial charge in [-0.3, -0.25) is 4.90 Å². The maximum absolute atomic E-state index is 3.38. The second kappa shape index (κ2) is 6.80. The van der Waals surface area contributed by atoms with E-state index in [4.69, 9.17) is 0 Å². The van der Waals surface area contributed by atoms with Gasteiger partial charge in [0.2, 0.25) is 0 Å². The van der Waals surface area contributed by atoms with E-state index in [9.17, 15) is 0 Å². The van der Waals surface area contributed by atoms with Crippen molar-refractivity contribution in [3.8, 4) is 0 Å². The summed E-state index contributed by atoms with van der Waals surface area (Å²) in [6.07, 6.45) is 5.72. The molecule has 1 N–H and O–H groups in total. The highest BCUT2D eigenvalue weighted by atomic mass is 15.3. The minimum absolute atomic E-state index is 0.411. The molecular formula is C18H29N3. The molecule has 2 aliphatic rings. The minimum atomic E-state index is 0.411. The molecule has 0 amide bonds. The summed E-state index contributed by atoms with van der Waals surface area (Å²) in [7, 11) is 2.04. The molecule has 2 fully saturated rings. The van der Waals surface area contributed by atoms with Crippen LogP contribution >= 0.6 is 0 Å². The number of rotatable bonds is 4. The van der Waals surface area contributed by atoms with Gasteiger partial charge in [0.05, 0.1) is 0 Å². The van der Waals surface area contributed by atoms with E-state index in [0.717, 1.165) is 6.04 Å². The van der Waals surface area contributed by atoms with Crippen LogP contribution < -0.4 is 10.2 Å². The van der Waals surface area contributed by atoms with Crippen LogP contribution in [0.3, 0.4) is 0 Å². The first-order chi connectivity index (χ1) is 10.3. The van der Waals surface area contributed by atoms with Gasteiger partial charge in [0.15, 0.2) is 0 Å². The lowest BCUT2D eigenvalue weighted by Crippen LogP contribution is -2.50. The first-order valence-electron chi connectivity index (χ1n) is 8.55. The lowest BCUT2D eigenvalue weighted by atomic mass is 10.0. The fourth-order valence-electron chi connectivity index (χ4n) is 3.89. The third-order valence-corrected chi connectivity index (χ3v) is 5.33. The van der Waals surface area contributed by atoms with Crippen LogP contribution in [0.25, 0.3) is 0 Å². The Labute approximate surface area is 129 Å². The van der Waals surface area contributed by atoms with E-state index in [2.05, 4.69) is 46.3 Å². The van der Waals surface area contributed by atoms with E-state index < -0.39 is 0 Å². The monoisotopic (exact) mass is 287 g/mol. The van der Waals surface area contributed by atoms with Gasteiger partial charge in [-0.05, 0) is 38.4 Å². The zero-order chi connectivity index (χ0) is 14.7. The second-order valence-electron chi connectivity index (χ2n) is 6.53. The highest BCUT2D eigenvalue weighted by Gasteiger charge is 2.27. The van der Waals surface area contributed by atoms with Crippen LogP contribution in [0.1, 0.15) is 44.2 Å². The Hall–Kier alpha value is -1.06. The topological polar surface area (TPSA) is 18.5 Å². The number of benzene rings is 1. The molecule has 3 heteroatoms. The molecule has 0 aromatic heterocycles. The van der Waals surface area contributed by atoms with E-state index in [1.54, 1.807) is 0 Å². The smallest absolute Gasteiger partial charge is 0.0415 e. The number of hydrogen-bond acceptors (Lipinski definition) is 3. The highest BCUT2D eigenvalue weighted by Crippen LogP contribution is 2.29. The molecule has 21 heavy (non-hydrogen) atoms. The zero-order valence-corrected chi connectivity index (χ0v) is 13.5. The van der Waals surface area contributed by atoms with Crippen LogP contribution in [0, 0.1) is 0 Å². The Kier molecular flexibility index (Phi) is 4.81. The van der Waals surface area contributed by atoms with E-state index in [1.165, 1.54) is 63.1 Å². The predicted molar refractivity (Wildman–Crippen MR) is 90.0 cm³/mol. The van der Waals surface area contributed by atoms with Crippen molar-refractivity contribution < 1.29 is 0 Å². The maximum Gasteiger partial charge on any atom is 0.0415 e. The molecule has 0 bridgehead atoms. The molecule has 1 aliphatic carbocycles. The Morgan fingerprint density at radius 1 is 1.05 bits per heavy atom. The number of anilines is 1. The minimum Gasteiger partial charge on any atom is -0.369 e. The quantitative estimate of drug-likeness (QED) is 0.918. The van der Waals surface area contributed by atoms with Gasteiger partial charge in [-0.2, -0.15) is 0 Å². The number of piperazine rings is 1. The summed E-state index contributed by atoms with van der Waals surface area (Å²) in [5.74, 6) is 0. The molecule has 1 saturated carbocycles. The zero-order valence-electron chi connectivity index (χ0n) is 13.5. The predicted octanol–water partition coefficient (Wildman–Crippen LogP) is 3.03. The number of para-hydroxylation sites is 1. The summed E-state index contributed by atoms with van der Waals surface area (Å²) in [4.78, 5) is 5.31. The molecule has 1 aromatic rings. The Morgan fingerprint density at radius 2 is 1.71 bits per heavy atom. The van der Waals surface area contributed by atoms with Crippen molar-refractivity contribution in [2.75, 3.05) is 38.1 Å². The molecule has 3 nitrogen and oxygen atoms in total. The van der Waals surface area contributed by atoms with Gasteiger partial charge in [0.25, 0.3) is 0 Å². The molecule has 0 radical (unpaired) electrons. The van der Waals surface area contributed by atoms with Gasteiger partial charge in [0, 0.05) is 44.0 Å². The average molecular weight is 287 g/mol. The van der Waals surface area contributed by atoms with Crippen molar-refractivity contribution in [2.45, 2.75) is 44.7 Å². The van der Waals surface area contributed by atoms with Crippen molar-refractivity contribution in [2.24, 2.45) is 0 Å². The number of nitrogens with one attached hydrogen (secondary N) is 1. The van der Waals surface area contributed by atoms with Gasteiger partial charge in [-0.25, -0.2) is 0 Å². The highest BCUT2D eigenvalue weighted by molar-refractivity contribution is 5.55. The molecule has 3 rings (SSSR count). The van der Waals surface area contributed by atoms with Crippen LogP contribution in [0.15, 0.2) is 24.3 Å². The normalized spacial score (nSPS) is 22.7. The third-order valence-electron chi connectivity index (χ3n) is 5.33. The van der Waals surface area contributed by atoms with Crippen molar-refractivity contribution in [3.63, 3.8) is 0 Å². The van der Waals surface area contributed by atoms with Crippen molar-refractivity contribution in [1.82, 2.24) is 10.2 Å². The van der Waals surface area contributed by atoms with Crippen molar-refractivity contribution >= 4 is 5.69 Å². The molecule has 116 valence electrons. The number of nitrogens with zero attached hydrogens (tertiary/aromatic N) is 2. The first-order valence-corrected chi connectivity index (χ1v) is 8.55. The average Bonchev–Trinajstić information content (AvgIpc) is 3.09. The molecule has 1 atom stereocenters. The molecule has 0 spiro atoms. The van der Waals surface area contributed by atoms with Crippen LogP contribution in [0.5, 0.6) is 0 Å². The van der Waals surface area contributed by atoms with E-state index >= 15 is 0 Å². The molecule has 1 unspecified atom stereocenters. The van der Waals surface area contributed by atoms with Crippen LogP contribution in [-0.4, -0.2) is 44.2 Å². The SMILES string of the molecule is CNC(C)c1ccccc1N1CCN(C2CCCC2)CC1. The Balaban J connectivity index is 1.66. The molecule has 1 saturated heterocycles. The van der Waals surface area contributed by atoms with Gasteiger partial charge >= 0.3 is 0 Å². The lowest BCUT2D eigenvalue weighted by molar-refractivity contribution is 0.187. The summed E-state index contributed by atoms with van der Waals surface area (Å²) in [5.41, 5.74) is 2.85. The molecule has 1 aromatic carbocycles. The van der Waals surface area contributed by atoms with E-state index in [1.807, 2.05) is 7.05 Å². The second-order valence-corrected chi connectivity index (χ2v) is 6.53. The third kappa shape index (κ3) is 3.24. The summed E-state index contributed by atoms with van der Waals surface area (Å²) in [5, 5.41) is 3.38. The standard InChI is InChI=1S/C18H29N3/c1-15(19-2)17-9-5-6-10-18(17)21-13-11-20(12-14-21)16-7-3-4-8-16/h5-6,9-10,15-16,19H,3-4,7-8,11-14H2,1-2H3. The summed E-state index contributed by atoms with van der Waals surface area (Å²) < 4.78 is 0. The molecule has 1 aliphatic heterocycles. The lowest BCUT2D eigenvalue weighted by Gasteiger charge is -2.40. The van der Waals surface area contributed by atoms with Gasteiger partial charge < -0.3 is 10.2 Å². The van der Waals surface area contributed by atoms with Crippen LogP contribution in [-0.2, 0) is 0 Å². The van der Waals surface area contributed by atoms with Gasteiger partial charge in [0.1, 0.15) is 0 Å². The van der Waals surface area contributed by atoms with E-state index in [-0.39, 0.29) is 0 Å². The summed E-state index contributed by atoms with van der Waals surface area (Å²) >= 11 is 0. The Bertz CT molecular complexity index is 446. The van der Waals surface area contributed by atoms with E-state index in [0.29, 0.717) is 6.04 Å². The summed E-state index contributed by atoms with van der Waals surface area (Å²) in [6.45, 7) is 7.04. The van der Waals surface area contributed by atoms with Crippen LogP contribution in [0.2, 0.25) is 0 Å². The molecule has 1 heterocycles. The maximum atomic E-state index is 3.38. The molecular weight excluding hydrogens is 258 g/mol. The summed E-state index contributed by atoms with van der Waals surface area (Å²) in [6, 6.07) is 10.2. The fourth-order valence-corrected chi connectivity index (χ4v) is 3.89. The van der Waals surface area contributed by atoms with Crippen molar-refractivity contribution in [3.05, 3.63) is 29.8 Å². The van der Waals surface area contributed by atoms with Gasteiger partial charge in [-0.15, -0.1) is 0 Å².